The first-order valence-corrected chi connectivity index (χ1v) is 14.6. The van der Waals surface area contributed by atoms with Crippen molar-refractivity contribution in [3.63, 3.8) is 0 Å². The molecule has 2 N–H and O–H groups in total. The summed E-state index contributed by atoms with van der Waals surface area (Å²) in [6, 6.07) is 3.02. The Morgan fingerprint density at radius 3 is 2.61 bits per heavy atom. The molecule has 1 amide bonds. The standard InChI is InChI=1S/C30H30ClF2N7O4/c1-15-10-37(3)11-16(2)40(15)23-8-21(20(31)9-34-23)35-24(42)13-38-12-19(18-7-17(14-41)28(43)27(33)26(18)32)25-29(38)36-22-5-4-6-39(22)30(25)44/h7-9,12,14-16,43H,4-6,10-11,13H2,1-3H3,(H,34,35,42)/t15-,16?/m0/s1. The molecule has 11 nitrogen and oxygen atoms in total. The fourth-order valence-corrected chi connectivity index (χ4v) is 6.57. The molecule has 0 saturated carbocycles. The van der Waals surface area contributed by atoms with Crippen molar-refractivity contribution in [1.82, 2.24) is 24.0 Å². The van der Waals surface area contributed by atoms with Gasteiger partial charge in [-0.2, -0.15) is 4.39 Å². The number of benzene rings is 1. The zero-order chi connectivity index (χ0) is 31.4. The number of carbonyl (C=O) groups is 2. The highest BCUT2D eigenvalue weighted by Crippen LogP contribution is 2.36. The van der Waals surface area contributed by atoms with E-state index in [0.29, 0.717) is 36.7 Å². The molecule has 2 aliphatic rings. The molecule has 1 fully saturated rings. The number of nitrogens with one attached hydrogen (secondary N) is 1. The minimum absolute atomic E-state index is 0.0356. The third-order valence-electron chi connectivity index (χ3n) is 8.26. The molecule has 2 atom stereocenters. The lowest BCUT2D eigenvalue weighted by atomic mass is 10.0. The summed E-state index contributed by atoms with van der Waals surface area (Å²) < 4.78 is 32.6. The summed E-state index contributed by atoms with van der Waals surface area (Å²) in [5.74, 6) is -3.53. The topological polar surface area (TPSA) is 126 Å². The lowest BCUT2D eigenvalue weighted by molar-refractivity contribution is -0.116. The van der Waals surface area contributed by atoms with Gasteiger partial charge in [0.25, 0.3) is 5.56 Å². The number of fused-ring (bicyclic) bond motifs is 2. The summed E-state index contributed by atoms with van der Waals surface area (Å²) in [5.41, 5.74) is -0.993. The van der Waals surface area contributed by atoms with Gasteiger partial charge in [-0.3, -0.25) is 19.0 Å². The van der Waals surface area contributed by atoms with Crippen LogP contribution in [0.15, 0.2) is 29.3 Å². The van der Waals surface area contributed by atoms with Crippen LogP contribution in [0.25, 0.3) is 22.2 Å². The van der Waals surface area contributed by atoms with E-state index >= 15 is 4.39 Å². The minimum atomic E-state index is -1.62. The first kappa shape index (κ1) is 29.7. The summed E-state index contributed by atoms with van der Waals surface area (Å²) in [7, 11) is 2.06. The summed E-state index contributed by atoms with van der Waals surface area (Å²) in [6.45, 7) is 5.95. The van der Waals surface area contributed by atoms with Crippen molar-refractivity contribution in [3.05, 3.63) is 62.9 Å². The fourth-order valence-electron chi connectivity index (χ4n) is 6.42. The number of anilines is 2. The molecule has 0 bridgehead atoms. The second kappa shape index (κ2) is 11.3. The number of hydrogen-bond donors (Lipinski definition) is 2. The third kappa shape index (κ3) is 4.99. The maximum absolute atomic E-state index is 15.2. The molecule has 1 aromatic carbocycles. The van der Waals surface area contributed by atoms with Crippen LogP contribution in [0.4, 0.5) is 20.3 Å². The predicted molar refractivity (Wildman–Crippen MR) is 161 cm³/mol. The van der Waals surface area contributed by atoms with Gasteiger partial charge < -0.3 is 24.8 Å². The highest BCUT2D eigenvalue weighted by atomic mass is 35.5. The number of halogens is 3. The Bertz CT molecular complexity index is 1880. The van der Waals surface area contributed by atoms with Crippen molar-refractivity contribution in [1.29, 1.82) is 0 Å². The quantitative estimate of drug-likeness (QED) is 0.310. The van der Waals surface area contributed by atoms with Gasteiger partial charge in [-0.05, 0) is 33.4 Å². The zero-order valence-corrected chi connectivity index (χ0v) is 25.0. The Balaban J connectivity index is 1.38. The van der Waals surface area contributed by atoms with Gasteiger partial charge in [-0.25, -0.2) is 14.4 Å². The van der Waals surface area contributed by atoms with Crippen LogP contribution in [0.1, 0.15) is 36.5 Å². The number of aromatic nitrogens is 4. The van der Waals surface area contributed by atoms with Gasteiger partial charge in [0.2, 0.25) is 11.7 Å². The van der Waals surface area contributed by atoms with Crippen LogP contribution >= 0.6 is 11.6 Å². The number of amides is 1. The number of aryl methyl sites for hydroxylation is 1. The van der Waals surface area contributed by atoms with E-state index in [0.717, 1.165) is 19.2 Å². The van der Waals surface area contributed by atoms with Crippen LogP contribution < -0.4 is 15.8 Å². The average molecular weight is 626 g/mol. The van der Waals surface area contributed by atoms with Gasteiger partial charge in [-0.15, -0.1) is 0 Å². The molecule has 0 radical (unpaired) electrons. The van der Waals surface area contributed by atoms with E-state index in [2.05, 4.69) is 46.0 Å². The van der Waals surface area contributed by atoms with Gasteiger partial charge in [0.15, 0.2) is 17.9 Å². The van der Waals surface area contributed by atoms with Crippen LogP contribution in [-0.4, -0.2) is 73.5 Å². The molecule has 5 heterocycles. The summed E-state index contributed by atoms with van der Waals surface area (Å²) >= 11 is 6.42. The number of rotatable bonds is 6. The van der Waals surface area contributed by atoms with Crippen LogP contribution in [0.2, 0.25) is 5.02 Å². The number of hydrogen-bond acceptors (Lipinski definition) is 8. The zero-order valence-electron chi connectivity index (χ0n) is 24.3. The maximum Gasteiger partial charge on any atom is 0.263 e. The summed E-state index contributed by atoms with van der Waals surface area (Å²) in [6.07, 6.45) is 4.20. The largest absolute Gasteiger partial charge is 0.504 e. The average Bonchev–Trinajstić information content (AvgIpc) is 3.59. The van der Waals surface area contributed by atoms with Gasteiger partial charge in [-0.1, -0.05) is 11.6 Å². The van der Waals surface area contributed by atoms with Crippen molar-refractivity contribution >= 4 is 46.3 Å². The molecule has 1 saturated heterocycles. The molecule has 3 aromatic heterocycles. The number of pyridine rings is 1. The Labute approximate surface area is 255 Å². The van der Waals surface area contributed by atoms with Crippen LogP contribution in [-0.2, 0) is 24.3 Å². The molecule has 230 valence electrons. The number of nitrogens with zero attached hydrogens (tertiary/aromatic N) is 6. The Hall–Kier alpha value is -4.36. The van der Waals surface area contributed by atoms with Gasteiger partial charge in [0, 0.05) is 61.5 Å². The highest BCUT2D eigenvalue weighted by molar-refractivity contribution is 6.33. The number of aldehydes is 1. The number of likely N-dealkylation sites (N-methyl/N-ethyl adjacent to an activating group) is 1. The number of phenols is 1. The maximum atomic E-state index is 15.2. The number of piperazine rings is 1. The van der Waals surface area contributed by atoms with Crippen molar-refractivity contribution < 1.29 is 23.5 Å². The second-order valence-electron chi connectivity index (χ2n) is 11.5. The molecule has 1 unspecified atom stereocenters. The van der Waals surface area contributed by atoms with Crippen molar-refractivity contribution in [2.45, 2.75) is 51.9 Å². The van der Waals surface area contributed by atoms with E-state index in [4.69, 9.17) is 11.6 Å². The molecule has 0 spiro atoms. The van der Waals surface area contributed by atoms with Crippen LogP contribution in [0.5, 0.6) is 5.75 Å². The Kier molecular flexibility index (Phi) is 7.62. The van der Waals surface area contributed by atoms with Crippen LogP contribution in [0, 0.1) is 11.6 Å². The lowest BCUT2D eigenvalue weighted by Crippen LogP contribution is -2.56. The van der Waals surface area contributed by atoms with Crippen molar-refractivity contribution in [2.75, 3.05) is 30.4 Å². The molecule has 4 aromatic rings. The fraction of sp³-hybridized carbons (Fsp3) is 0.367. The van der Waals surface area contributed by atoms with E-state index in [9.17, 15) is 23.9 Å². The van der Waals surface area contributed by atoms with E-state index < -0.39 is 40.0 Å². The first-order chi connectivity index (χ1) is 21.0. The SMILES string of the molecule is CC1CN(C)C[C@H](C)N1c1cc(NC(=O)Cn2cc(-c3cc(C=O)c(O)c(F)c3F)c3c(=O)n4c(nc32)CCC4)c(Cl)cn1. The predicted octanol–water partition coefficient (Wildman–Crippen LogP) is 3.82. The van der Waals surface area contributed by atoms with Gasteiger partial charge in [0.05, 0.1) is 27.9 Å². The molecule has 14 heteroatoms. The number of carbonyl (C=O) groups excluding carboxylic acids is 2. The minimum Gasteiger partial charge on any atom is -0.504 e. The second-order valence-corrected chi connectivity index (χ2v) is 11.9. The van der Waals surface area contributed by atoms with E-state index in [1.807, 2.05) is 0 Å². The lowest BCUT2D eigenvalue weighted by Gasteiger charge is -2.44. The molecule has 2 aliphatic heterocycles. The van der Waals surface area contributed by atoms with Crippen LogP contribution in [0.3, 0.4) is 0 Å². The van der Waals surface area contributed by atoms with E-state index in [1.54, 1.807) is 6.07 Å². The van der Waals surface area contributed by atoms with Crippen molar-refractivity contribution in [2.24, 2.45) is 0 Å². The third-order valence-corrected chi connectivity index (χ3v) is 8.56. The van der Waals surface area contributed by atoms with Gasteiger partial charge >= 0.3 is 0 Å². The Morgan fingerprint density at radius 2 is 1.91 bits per heavy atom. The van der Waals surface area contributed by atoms with E-state index in [-0.39, 0.29) is 46.5 Å². The molecular formula is C30H30ClF2N7O4. The number of aromatic hydroxyl groups is 1. The molecular weight excluding hydrogens is 596 g/mol. The summed E-state index contributed by atoms with van der Waals surface area (Å²) in [5, 5.41) is 12.9. The number of phenolic OH excluding ortho intramolecular Hbond substituents is 1. The molecule has 44 heavy (non-hydrogen) atoms. The normalized spacial score (nSPS) is 18.5. The highest BCUT2D eigenvalue weighted by Gasteiger charge is 2.30. The molecule has 0 aliphatic carbocycles. The van der Waals surface area contributed by atoms with Gasteiger partial charge in [0.1, 0.15) is 23.8 Å². The van der Waals surface area contributed by atoms with Crippen molar-refractivity contribution in [3.8, 4) is 16.9 Å². The molecule has 6 rings (SSSR count). The summed E-state index contributed by atoms with van der Waals surface area (Å²) in [4.78, 5) is 52.0. The van der Waals surface area contributed by atoms with E-state index in [1.165, 1.54) is 21.5 Å². The smallest absolute Gasteiger partial charge is 0.263 e. The Morgan fingerprint density at radius 1 is 1.18 bits per heavy atom. The monoisotopic (exact) mass is 625 g/mol. The first-order valence-electron chi connectivity index (χ1n) is 14.2.